The summed E-state index contributed by atoms with van der Waals surface area (Å²) in [7, 11) is 0. The number of anilines is 1. The zero-order chi connectivity index (χ0) is 19.1. The van der Waals surface area contributed by atoms with Gasteiger partial charge in [0, 0.05) is 30.9 Å². The largest absolute Gasteiger partial charge is 0.452 e. The summed E-state index contributed by atoms with van der Waals surface area (Å²) in [5, 5.41) is 3.33. The van der Waals surface area contributed by atoms with Crippen LogP contribution < -0.4 is 10.2 Å². The molecule has 0 bridgehead atoms. The zero-order valence-electron chi connectivity index (χ0n) is 14.7. The number of nitrogens with zero attached hydrogens (tertiary/aromatic N) is 2. The van der Waals surface area contributed by atoms with Crippen LogP contribution >= 0.6 is 11.6 Å². The number of hydrogen-bond donors (Lipinski definition) is 1. The zero-order valence-corrected chi connectivity index (χ0v) is 15.4. The lowest BCUT2D eigenvalue weighted by Crippen LogP contribution is -2.38. The van der Waals surface area contributed by atoms with E-state index < -0.39 is 5.97 Å². The number of ether oxygens (including phenoxy) is 2. The molecule has 1 aromatic heterocycles. The Kier molecular flexibility index (Phi) is 6.62. The first-order valence-corrected chi connectivity index (χ1v) is 8.97. The Balaban J connectivity index is 1.53. The molecular weight excluding hydrogens is 370 g/mol. The molecule has 0 atom stereocenters. The predicted molar refractivity (Wildman–Crippen MR) is 101 cm³/mol. The standard InChI is InChI=1S/C19H20ClN3O4/c20-15-5-3-14(4-6-15)12-22-17(24)13-27-19(25)16-2-1-7-21-18(16)23-8-10-26-11-9-23/h1-7H,8-13H2,(H,22,24). The van der Waals surface area contributed by atoms with Gasteiger partial charge < -0.3 is 19.7 Å². The number of aromatic nitrogens is 1. The van der Waals surface area contributed by atoms with Crippen LogP contribution in [0.1, 0.15) is 15.9 Å². The van der Waals surface area contributed by atoms with Crippen molar-refractivity contribution in [3.63, 3.8) is 0 Å². The summed E-state index contributed by atoms with van der Waals surface area (Å²) in [6, 6.07) is 10.4. The minimum absolute atomic E-state index is 0.333. The third-order valence-electron chi connectivity index (χ3n) is 4.05. The second kappa shape index (κ2) is 9.34. The molecule has 2 heterocycles. The van der Waals surface area contributed by atoms with Crippen molar-refractivity contribution in [1.29, 1.82) is 0 Å². The van der Waals surface area contributed by atoms with Gasteiger partial charge in [-0.1, -0.05) is 23.7 Å². The maximum Gasteiger partial charge on any atom is 0.342 e. The molecule has 0 spiro atoms. The molecule has 2 aromatic rings. The highest BCUT2D eigenvalue weighted by Crippen LogP contribution is 2.19. The molecule has 0 unspecified atom stereocenters. The van der Waals surface area contributed by atoms with E-state index >= 15 is 0 Å². The summed E-state index contributed by atoms with van der Waals surface area (Å²) in [4.78, 5) is 30.6. The molecule has 0 radical (unpaired) electrons. The van der Waals surface area contributed by atoms with Crippen molar-refractivity contribution in [2.75, 3.05) is 37.8 Å². The number of pyridine rings is 1. The van der Waals surface area contributed by atoms with Crippen LogP contribution in [-0.2, 0) is 20.8 Å². The van der Waals surface area contributed by atoms with E-state index in [1.54, 1.807) is 30.5 Å². The third kappa shape index (κ3) is 5.42. The smallest absolute Gasteiger partial charge is 0.342 e. The van der Waals surface area contributed by atoms with Gasteiger partial charge in [-0.2, -0.15) is 0 Å². The Bertz CT molecular complexity index is 792. The lowest BCUT2D eigenvalue weighted by molar-refractivity contribution is -0.124. The van der Waals surface area contributed by atoms with E-state index in [-0.39, 0.29) is 12.5 Å². The van der Waals surface area contributed by atoms with Crippen LogP contribution in [0.2, 0.25) is 5.02 Å². The first-order valence-electron chi connectivity index (χ1n) is 8.59. The quantitative estimate of drug-likeness (QED) is 0.761. The average molecular weight is 390 g/mol. The molecule has 1 aromatic carbocycles. The van der Waals surface area contributed by atoms with Gasteiger partial charge in [0.15, 0.2) is 6.61 Å². The van der Waals surface area contributed by atoms with Crippen LogP contribution in [0.5, 0.6) is 0 Å². The van der Waals surface area contributed by atoms with Crippen LogP contribution in [-0.4, -0.2) is 49.8 Å². The third-order valence-corrected chi connectivity index (χ3v) is 4.31. The number of halogens is 1. The Morgan fingerprint density at radius 3 is 2.67 bits per heavy atom. The highest BCUT2D eigenvalue weighted by atomic mass is 35.5. The van der Waals surface area contributed by atoms with Crippen molar-refractivity contribution < 1.29 is 19.1 Å². The maximum atomic E-state index is 12.4. The Morgan fingerprint density at radius 2 is 1.93 bits per heavy atom. The summed E-state index contributed by atoms with van der Waals surface area (Å²) >= 11 is 5.83. The molecule has 1 fully saturated rings. The normalized spacial score (nSPS) is 13.9. The Morgan fingerprint density at radius 1 is 1.19 bits per heavy atom. The van der Waals surface area contributed by atoms with Crippen LogP contribution in [0.4, 0.5) is 5.82 Å². The topological polar surface area (TPSA) is 80.8 Å². The molecule has 1 aliphatic rings. The fourth-order valence-corrected chi connectivity index (χ4v) is 2.77. The van der Waals surface area contributed by atoms with Gasteiger partial charge in [0.1, 0.15) is 11.4 Å². The second-order valence-electron chi connectivity index (χ2n) is 5.95. The van der Waals surface area contributed by atoms with E-state index in [0.29, 0.717) is 49.3 Å². The minimum Gasteiger partial charge on any atom is -0.452 e. The summed E-state index contributed by atoms with van der Waals surface area (Å²) < 4.78 is 10.5. The minimum atomic E-state index is -0.578. The maximum absolute atomic E-state index is 12.4. The summed E-state index contributed by atoms with van der Waals surface area (Å²) in [6.07, 6.45) is 1.63. The SMILES string of the molecule is O=C(COC(=O)c1cccnc1N1CCOCC1)NCc1ccc(Cl)cc1. The van der Waals surface area contributed by atoms with E-state index in [9.17, 15) is 9.59 Å². The number of benzene rings is 1. The van der Waals surface area contributed by atoms with Crippen molar-refractivity contribution in [3.8, 4) is 0 Å². The molecule has 3 rings (SSSR count). The molecule has 8 heteroatoms. The van der Waals surface area contributed by atoms with Crippen molar-refractivity contribution >= 4 is 29.3 Å². The van der Waals surface area contributed by atoms with Gasteiger partial charge in [0.25, 0.3) is 5.91 Å². The highest BCUT2D eigenvalue weighted by Gasteiger charge is 2.21. The van der Waals surface area contributed by atoms with E-state index in [4.69, 9.17) is 21.1 Å². The van der Waals surface area contributed by atoms with Gasteiger partial charge in [-0.15, -0.1) is 0 Å². The second-order valence-corrected chi connectivity index (χ2v) is 6.39. The fraction of sp³-hybridized carbons (Fsp3) is 0.316. The van der Waals surface area contributed by atoms with Gasteiger partial charge in [0.05, 0.1) is 13.2 Å². The number of carbonyl (C=O) groups excluding carboxylic acids is 2. The van der Waals surface area contributed by atoms with E-state index in [0.717, 1.165) is 5.56 Å². The van der Waals surface area contributed by atoms with Crippen molar-refractivity contribution in [1.82, 2.24) is 10.3 Å². The van der Waals surface area contributed by atoms with Crippen LogP contribution in [0.15, 0.2) is 42.6 Å². The summed E-state index contributed by atoms with van der Waals surface area (Å²) in [6.45, 7) is 2.44. The molecule has 1 N–H and O–H groups in total. The van der Waals surface area contributed by atoms with Crippen molar-refractivity contribution in [2.24, 2.45) is 0 Å². The molecule has 27 heavy (non-hydrogen) atoms. The number of carbonyl (C=O) groups is 2. The van der Waals surface area contributed by atoms with Crippen LogP contribution in [0.3, 0.4) is 0 Å². The first-order chi connectivity index (χ1) is 13.1. The number of nitrogens with one attached hydrogen (secondary N) is 1. The van der Waals surface area contributed by atoms with Gasteiger partial charge in [-0.25, -0.2) is 9.78 Å². The van der Waals surface area contributed by atoms with Gasteiger partial charge in [0.2, 0.25) is 0 Å². The molecular formula is C19H20ClN3O4. The van der Waals surface area contributed by atoms with E-state index in [1.165, 1.54) is 0 Å². The van der Waals surface area contributed by atoms with Gasteiger partial charge >= 0.3 is 5.97 Å². The van der Waals surface area contributed by atoms with Crippen LogP contribution in [0, 0.1) is 0 Å². The molecule has 1 amide bonds. The Hall–Kier alpha value is -2.64. The lowest BCUT2D eigenvalue weighted by Gasteiger charge is -2.28. The highest BCUT2D eigenvalue weighted by molar-refractivity contribution is 6.30. The van der Waals surface area contributed by atoms with Gasteiger partial charge in [-0.05, 0) is 29.8 Å². The molecule has 0 saturated carbocycles. The van der Waals surface area contributed by atoms with E-state index in [1.807, 2.05) is 17.0 Å². The number of morpholine rings is 1. The first kappa shape index (κ1) is 19.1. The van der Waals surface area contributed by atoms with Crippen LogP contribution in [0.25, 0.3) is 0 Å². The monoisotopic (exact) mass is 389 g/mol. The fourth-order valence-electron chi connectivity index (χ4n) is 2.65. The number of esters is 1. The Labute approximate surface area is 162 Å². The number of amides is 1. The predicted octanol–water partition coefficient (Wildman–Crippen LogP) is 2.04. The molecule has 142 valence electrons. The molecule has 1 aliphatic heterocycles. The number of hydrogen-bond acceptors (Lipinski definition) is 6. The van der Waals surface area contributed by atoms with Crippen molar-refractivity contribution in [2.45, 2.75) is 6.54 Å². The van der Waals surface area contributed by atoms with Gasteiger partial charge in [-0.3, -0.25) is 4.79 Å². The summed E-state index contributed by atoms with van der Waals surface area (Å²) in [5.41, 5.74) is 1.24. The molecule has 1 saturated heterocycles. The van der Waals surface area contributed by atoms with Crippen molar-refractivity contribution in [3.05, 3.63) is 58.7 Å². The molecule has 7 nitrogen and oxygen atoms in total. The number of rotatable bonds is 6. The summed E-state index contributed by atoms with van der Waals surface area (Å²) in [5.74, 6) is -0.409. The molecule has 0 aliphatic carbocycles. The average Bonchev–Trinajstić information content (AvgIpc) is 2.72. The van der Waals surface area contributed by atoms with E-state index in [2.05, 4.69) is 10.3 Å². The lowest BCUT2D eigenvalue weighted by atomic mass is 10.2.